The summed E-state index contributed by atoms with van der Waals surface area (Å²) in [6.07, 6.45) is 6.96. The minimum atomic E-state index is 0.245. The molecule has 15 heavy (non-hydrogen) atoms. The van der Waals surface area contributed by atoms with E-state index in [2.05, 4.69) is 18.2 Å². The van der Waals surface area contributed by atoms with Crippen molar-refractivity contribution in [1.82, 2.24) is 5.32 Å². The number of phenolic OH excluding ortho intramolecular Hbond substituents is 1. The molecule has 1 rings (SSSR count). The second-order valence-electron chi connectivity index (χ2n) is 3.58. The van der Waals surface area contributed by atoms with Crippen LogP contribution in [-0.2, 0) is 0 Å². The number of aromatic hydroxyl groups is 1. The standard InChI is InChI=1S/C13H17NO/c1-3-4-5-9-14-11(2)12-7-6-8-13(15)10-12/h1,6-8,10-11,14-15H,4-5,9H2,2H3. The van der Waals surface area contributed by atoms with Gasteiger partial charge in [-0.05, 0) is 37.6 Å². The quantitative estimate of drug-likeness (QED) is 0.569. The van der Waals surface area contributed by atoms with Crippen LogP contribution in [0.5, 0.6) is 5.75 Å². The second-order valence-corrected chi connectivity index (χ2v) is 3.58. The fraction of sp³-hybridized carbons (Fsp3) is 0.385. The molecule has 0 spiro atoms. The fourth-order valence-electron chi connectivity index (χ4n) is 1.42. The Balaban J connectivity index is 2.40. The van der Waals surface area contributed by atoms with Gasteiger partial charge in [-0.15, -0.1) is 12.3 Å². The molecule has 1 aromatic rings. The number of hydrogen-bond donors (Lipinski definition) is 2. The van der Waals surface area contributed by atoms with E-state index in [9.17, 15) is 5.11 Å². The molecule has 2 N–H and O–H groups in total. The third-order valence-corrected chi connectivity index (χ3v) is 2.32. The van der Waals surface area contributed by atoms with Gasteiger partial charge >= 0.3 is 0 Å². The number of unbranched alkanes of at least 4 members (excludes halogenated alkanes) is 1. The Morgan fingerprint density at radius 3 is 3.00 bits per heavy atom. The molecule has 0 aliphatic rings. The second kappa shape index (κ2) is 6.10. The molecule has 1 aromatic carbocycles. The van der Waals surface area contributed by atoms with E-state index in [1.54, 1.807) is 12.1 Å². The first-order chi connectivity index (χ1) is 7.24. The molecule has 1 atom stereocenters. The van der Waals surface area contributed by atoms with E-state index >= 15 is 0 Å². The van der Waals surface area contributed by atoms with E-state index in [0.717, 1.165) is 24.9 Å². The van der Waals surface area contributed by atoms with Crippen LogP contribution in [0.15, 0.2) is 24.3 Å². The van der Waals surface area contributed by atoms with Gasteiger partial charge in [0, 0.05) is 12.5 Å². The number of benzene rings is 1. The number of nitrogens with one attached hydrogen (secondary N) is 1. The lowest BCUT2D eigenvalue weighted by atomic mass is 10.1. The first kappa shape index (κ1) is 11.6. The van der Waals surface area contributed by atoms with Crippen molar-refractivity contribution in [3.05, 3.63) is 29.8 Å². The predicted molar refractivity (Wildman–Crippen MR) is 62.6 cm³/mol. The smallest absolute Gasteiger partial charge is 0.115 e. The number of hydrogen-bond acceptors (Lipinski definition) is 2. The highest BCUT2D eigenvalue weighted by molar-refractivity contribution is 5.28. The van der Waals surface area contributed by atoms with Gasteiger partial charge in [0.1, 0.15) is 5.75 Å². The number of terminal acetylenes is 1. The Bertz CT molecular complexity index is 341. The molecule has 0 aromatic heterocycles. The zero-order chi connectivity index (χ0) is 11.1. The fourth-order valence-corrected chi connectivity index (χ4v) is 1.42. The molecule has 0 aliphatic carbocycles. The van der Waals surface area contributed by atoms with Crippen LogP contribution in [0.1, 0.15) is 31.4 Å². The minimum Gasteiger partial charge on any atom is -0.508 e. The highest BCUT2D eigenvalue weighted by Crippen LogP contribution is 2.17. The van der Waals surface area contributed by atoms with Gasteiger partial charge < -0.3 is 10.4 Å². The van der Waals surface area contributed by atoms with Crippen LogP contribution in [0, 0.1) is 12.3 Å². The van der Waals surface area contributed by atoms with E-state index < -0.39 is 0 Å². The summed E-state index contributed by atoms with van der Waals surface area (Å²) < 4.78 is 0. The van der Waals surface area contributed by atoms with Crippen LogP contribution < -0.4 is 5.32 Å². The van der Waals surface area contributed by atoms with Crippen molar-refractivity contribution in [3.8, 4) is 18.1 Å². The monoisotopic (exact) mass is 203 g/mol. The highest BCUT2D eigenvalue weighted by atomic mass is 16.3. The lowest BCUT2D eigenvalue weighted by molar-refractivity contribution is 0.472. The molecule has 2 nitrogen and oxygen atoms in total. The van der Waals surface area contributed by atoms with Crippen molar-refractivity contribution in [2.75, 3.05) is 6.54 Å². The normalized spacial score (nSPS) is 12.0. The maximum atomic E-state index is 9.32. The summed E-state index contributed by atoms with van der Waals surface area (Å²) in [5.41, 5.74) is 1.09. The van der Waals surface area contributed by atoms with Gasteiger partial charge in [0.05, 0.1) is 0 Å². The van der Waals surface area contributed by atoms with Crippen molar-refractivity contribution in [1.29, 1.82) is 0 Å². The summed E-state index contributed by atoms with van der Waals surface area (Å²) in [6.45, 7) is 2.98. The highest BCUT2D eigenvalue weighted by Gasteiger charge is 2.03. The van der Waals surface area contributed by atoms with Crippen molar-refractivity contribution >= 4 is 0 Å². The minimum absolute atomic E-state index is 0.245. The van der Waals surface area contributed by atoms with E-state index in [-0.39, 0.29) is 6.04 Å². The Hall–Kier alpha value is -1.46. The summed E-state index contributed by atoms with van der Waals surface area (Å²) in [5.74, 6) is 2.92. The van der Waals surface area contributed by atoms with Crippen LogP contribution in [0.4, 0.5) is 0 Å². The molecule has 80 valence electrons. The molecule has 1 unspecified atom stereocenters. The molecular formula is C13H17NO. The molecule has 0 aliphatic heterocycles. The first-order valence-corrected chi connectivity index (χ1v) is 5.20. The zero-order valence-electron chi connectivity index (χ0n) is 9.03. The molecule has 0 radical (unpaired) electrons. The van der Waals surface area contributed by atoms with Crippen LogP contribution in [0.25, 0.3) is 0 Å². The van der Waals surface area contributed by atoms with Gasteiger partial charge in [-0.1, -0.05) is 12.1 Å². The Morgan fingerprint density at radius 2 is 2.33 bits per heavy atom. The van der Waals surface area contributed by atoms with Gasteiger partial charge in [-0.25, -0.2) is 0 Å². The molecule has 0 saturated carbocycles. The molecule has 0 bridgehead atoms. The molecule has 0 amide bonds. The summed E-state index contributed by atoms with van der Waals surface area (Å²) >= 11 is 0. The number of rotatable bonds is 5. The summed E-state index contributed by atoms with van der Waals surface area (Å²) in [5, 5.41) is 12.7. The average Bonchev–Trinajstić information content (AvgIpc) is 2.24. The number of phenols is 1. The molecular weight excluding hydrogens is 186 g/mol. The molecule has 0 fully saturated rings. The van der Waals surface area contributed by atoms with E-state index in [4.69, 9.17) is 6.42 Å². The first-order valence-electron chi connectivity index (χ1n) is 5.20. The summed E-state index contributed by atoms with van der Waals surface area (Å²) in [7, 11) is 0. The van der Waals surface area contributed by atoms with Crippen LogP contribution in [0.2, 0.25) is 0 Å². The van der Waals surface area contributed by atoms with Gasteiger partial charge in [0.2, 0.25) is 0 Å². The third-order valence-electron chi connectivity index (χ3n) is 2.32. The van der Waals surface area contributed by atoms with Gasteiger partial charge in [-0.2, -0.15) is 0 Å². The summed E-state index contributed by atoms with van der Waals surface area (Å²) in [6, 6.07) is 7.55. The zero-order valence-corrected chi connectivity index (χ0v) is 9.03. The Kier molecular flexibility index (Phi) is 4.73. The van der Waals surface area contributed by atoms with Crippen molar-refractivity contribution in [3.63, 3.8) is 0 Å². The van der Waals surface area contributed by atoms with Crippen LogP contribution in [0.3, 0.4) is 0 Å². The van der Waals surface area contributed by atoms with Crippen LogP contribution in [-0.4, -0.2) is 11.7 Å². The Labute approximate surface area is 91.3 Å². The average molecular weight is 203 g/mol. The SMILES string of the molecule is C#CCCCNC(C)c1cccc(O)c1. The third kappa shape index (κ3) is 4.05. The van der Waals surface area contributed by atoms with Crippen molar-refractivity contribution in [2.45, 2.75) is 25.8 Å². The van der Waals surface area contributed by atoms with Gasteiger partial charge in [0.15, 0.2) is 0 Å². The lowest BCUT2D eigenvalue weighted by Crippen LogP contribution is -2.19. The van der Waals surface area contributed by atoms with Crippen LogP contribution >= 0.6 is 0 Å². The molecule has 2 heteroatoms. The van der Waals surface area contributed by atoms with E-state index in [1.165, 1.54) is 0 Å². The summed E-state index contributed by atoms with van der Waals surface area (Å²) in [4.78, 5) is 0. The molecule has 0 heterocycles. The van der Waals surface area contributed by atoms with Gasteiger partial charge in [0.25, 0.3) is 0 Å². The Morgan fingerprint density at radius 1 is 1.53 bits per heavy atom. The predicted octanol–water partition coefficient (Wildman–Crippen LogP) is 2.46. The largest absolute Gasteiger partial charge is 0.508 e. The van der Waals surface area contributed by atoms with E-state index in [1.807, 2.05) is 12.1 Å². The topological polar surface area (TPSA) is 32.3 Å². The van der Waals surface area contributed by atoms with Gasteiger partial charge in [-0.3, -0.25) is 0 Å². The lowest BCUT2D eigenvalue weighted by Gasteiger charge is -2.13. The van der Waals surface area contributed by atoms with Crippen molar-refractivity contribution in [2.24, 2.45) is 0 Å². The molecule has 0 saturated heterocycles. The maximum Gasteiger partial charge on any atom is 0.115 e. The van der Waals surface area contributed by atoms with E-state index in [0.29, 0.717) is 5.75 Å². The maximum absolute atomic E-state index is 9.32. The van der Waals surface area contributed by atoms with Crippen molar-refractivity contribution < 1.29 is 5.11 Å².